The Morgan fingerprint density at radius 2 is 2.45 bits per heavy atom. The van der Waals surface area contributed by atoms with Crippen molar-refractivity contribution in [2.45, 2.75) is 26.2 Å². The van der Waals surface area contributed by atoms with E-state index in [0.29, 0.717) is 6.61 Å². The summed E-state index contributed by atoms with van der Waals surface area (Å²) in [6.45, 7) is 2.62. The maximum Gasteiger partial charge on any atom is 0.128 e. The molecule has 60 valence electrons. The summed E-state index contributed by atoms with van der Waals surface area (Å²) in [6.07, 6.45) is 4.62. The molecule has 0 bridgehead atoms. The second-order valence-electron chi connectivity index (χ2n) is 2.52. The van der Waals surface area contributed by atoms with Crippen LogP contribution in [0.25, 0.3) is 0 Å². The largest absolute Gasteiger partial charge is 0.498 e. The molecule has 0 N–H and O–H groups in total. The lowest BCUT2D eigenvalue weighted by Crippen LogP contribution is -1.99. The topological polar surface area (TPSA) is 26.3 Å². The quantitative estimate of drug-likeness (QED) is 0.564. The summed E-state index contributed by atoms with van der Waals surface area (Å²) in [6, 6.07) is 0. The lowest BCUT2D eigenvalue weighted by atomic mass is 10.0. The van der Waals surface area contributed by atoms with Gasteiger partial charge < -0.3 is 4.74 Å². The van der Waals surface area contributed by atoms with Gasteiger partial charge in [0.1, 0.15) is 5.94 Å². The van der Waals surface area contributed by atoms with Crippen molar-refractivity contribution in [2.24, 2.45) is 0 Å². The zero-order chi connectivity index (χ0) is 8.10. The van der Waals surface area contributed by atoms with Gasteiger partial charge in [-0.3, -0.25) is 0 Å². The number of carbonyl (C=O) groups excluding carboxylic acids is 1. The van der Waals surface area contributed by atoms with Gasteiger partial charge in [-0.1, -0.05) is 0 Å². The summed E-state index contributed by atoms with van der Waals surface area (Å²) in [5.74, 6) is 2.83. The van der Waals surface area contributed by atoms with Gasteiger partial charge >= 0.3 is 0 Å². The predicted molar refractivity (Wildman–Crippen MR) is 42.8 cm³/mol. The van der Waals surface area contributed by atoms with Gasteiger partial charge in [0.15, 0.2) is 0 Å². The highest BCUT2D eigenvalue weighted by molar-refractivity contribution is 5.57. The fourth-order valence-electron chi connectivity index (χ4n) is 1.17. The maximum absolute atomic E-state index is 10.2. The average Bonchev–Trinajstić information content (AvgIpc) is 2.06. The van der Waals surface area contributed by atoms with Crippen LogP contribution in [0.15, 0.2) is 17.4 Å². The van der Waals surface area contributed by atoms with E-state index in [-0.39, 0.29) is 0 Å². The third-order valence-electron chi connectivity index (χ3n) is 1.67. The highest BCUT2D eigenvalue weighted by atomic mass is 16.5. The van der Waals surface area contributed by atoms with E-state index in [1.54, 1.807) is 6.08 Å². The lowest BCUT2D eigenvalue weighted by molar-refractivity contribution is 0.214. The first-order valence-corrected chi connectivity index (χ1v) is 3.94. The van der Waals surface area contributed by atoms with Gasteiger partial charge in [0.2, 0.25) is 0 Å². The van der Waals surface area contributed by atoms with E-state index in [4.69, 9.17) is 4.74 Å². The molecule has 0 aromatic carbocycles. The predicted octanol–water partition coefficient (Wildman–Crippen LogP) is 1.85. The van der Waals surface area contributed by atoms with E-state index in [0.717, 1.165) is 30.6 Å². The zero-order valence-corrected chi connectivity index (χ0v) is 6.72. The molecule has 0 fully saturated rings. The maximum atomic E-state index is 10.2. The van der Waals surface area contributed by atoms with Crippen molar-refractivity contribution in [2.75, 3.05) is 6.61 Å². The van der Waals surface area contributed by atoms with E-state index in [9.17, 15) is 4.79 Å². The van der Waals surface area contributed by atoms with Gasteiger partial charge in [-0.05, 0) is 25.8 Å². The molecule has 1 aliphatic carbocycles. The minimum atomic E-state index is 0.679. The Balaban J connectivity index is 2.64. The normalized spacial score (nSPS) is 17.2. The SMILES string of the molecule is CCOC1=CC(=C=O)CCC1. The van der Waals surface area contributed by atoms with Crippen LogP contribution in [0.2, 0.25) is 0 Å². The van der Waals surface area contributed by atoms with Gasteiger partial charge in [-0.25, -0.2) is 4.79 Å². The van der Waals surface area contributed by atoms with Crippen LogP contribution >= 0.6 is 0 Å². The Labute approximate surface area is 66.5 Å². The van der Waals surface area contributed by atoms with E-state index in [2.05, 4.69) is 0 Å². The number of ether oxygens (including phenoxy) is 1. The molecule has 0 saturated carbocycles. The van der Waals surface area contributed by atoms with Crippen molar-refractivity contribution in [1.29, 1.82) is 0 Å². The molecule has 1 aliphatic rings. The first-order valence-electron chi connectivity index (χ1n) is 3.94. The molecule has 0 saturated heterocycles. The molecule has 0 aliphatic heterocycles. The molecular formula is C9H12O2. The van der Waals surface area contributed by atoms with Crippen molar-refractivity contribution >= 4 is 5.94 Å². The van der Waals surface area contributed by atoms with Gasteiger partial charge in [-0.2, -0.15) is 0 Å². The third kappa shape index (κ3) is 2.24. The van der Waals surface area contributed by atoms with Gasteiger partial charge in [0, 0.05) is 12.0 Å². The van der Waals surface area contributed by atoms with Crippen LogP contribution in [0.3, 0.4) is 0 Å². The number of allylic oxidation sites excluding steroid dienone is 3. The summed E-state index contributed by atoms with van der Waals surface area (Å²) in [7, 11) is 0. The standard InChI is InChI=1S/C9H12O2/c1-2-11-9-5-3-4-8(6-9)7-10/h6H,2-5H2,1H3. The summed E-state index contributed by atoms with van der Waals surface area (Å²) in [5, 5.41) is 0. The second-order valence-corrected chi connectivity index (χ2v) is 2.52. The van der Waals surface area contributed by atoms with Crippen molar-refractivity contribution in [3.63, 3.8) is 0 Å². The molecule has 0 aromatic rings. The summed E-state index contributed by atoms with van der Waals surface area (Å²) in [4.78, 5) is 10.2. The summed E-state index contributed by atoms with van der Waals surface area (Å²) < 4.78 is 5.28. The van der Waals surface area contributed by atoms with Gasteiger partial charge in [-0.15, -0.1) is 0 Å². The van der Waals surface area contributed by atoms with Crippen LogP contribution < -0.4 is 0 Å². The monoisotopic (exact) mass is 152 g/mol. The third-order valence-corrected chi connectivity index (χ3v) is 1.67. The fraction of sp³-hybridized carbons (Fsp3) is 0.556. The van der Waals surface area contributed by atoms with Gasteiger partial charge in [0.05, 0.1) is 12.4 Å². The molecule has 0 spiro atoms. The molecule has 0 amide bonds. The van der Waals surface area contributed by atoms with Crippen molar-refractivity contribution in [1.82, 2.24) is 0 Å². The first kappa shape index (κ1) is 8.09. The van der Waals surface area contributed by atoms with E-state index < -0.39 is 0 Å². The van der Waals surface area contributed by atoms with E-state index >= 15 is 0 Å². The molecule has 0 heterocycles. The minimum absolute atomic E-state index is 0.679. The van der Waals surface area contributed by atoms with Crippen molar-refractivity contribution in [3.05, 3.63) is 17.4 Å². The van der Waals surface area contributed by atoms with Crippen LogP contribution in [0.5, 0.6) is 0 Å². The molecule has 0 atom stereocenters. The fourth-order valence-corrected chi connectivity index (χ4v) is 1.17. The van der Waals surface area contributed by atoms with Crippen LogP contribution in [-0.4, -0.2) is 12.5 Å². The number of hydrogen-bond acceptors (Lipinski definition) is 2. The second kappa shape index (κ2) is 3.99. The highest BCUT2D eigenvalue weighted by Gasteiger charge is 2.07. The van der Waals surface area contributed by atoms with Gasteiger partial charge in [0.25, 0.3) is 0 Å². The molecule has 0 unspecified atom stereocenters. The van der Waals surface area contributed by atoms with Crippen LogP contribution in [0.4, 0.5) is 0 Å². The minimum Gasteiger partial charge on any atom is -0.498 e. The summed E-state index contributed by atoms with van der Waals surface area (Å²) in [5.41, 5.74) is 0.736. The highest BCUT2D eigenvalue weighted by Crippen LogP contribution is 2.20. The molecular weight excluding hydrogens is 140 g/mol. The van der Waals surface area contributed by atoms with Crippen molar-refractivity contribution in [3.8, 4) is 0 Å². The molecule has 2 heteroatoms. The number of rotatable bonds is 2. The molecule has 11 heavy (non-hydrogen) atoms. The molecule has 0 aromatic heterocycles. The Bertz CT molecular complexity index is 210. The van der Waals surface area contributed by atoms with E-state index in [1.807, 2.05) is 12.9 Å². The Morgan fingerprint density at radius 1 is 1.64 bits per heavy atom. The number of hydrogen-bond donors (Lipinski definition) is 0. The molecule has 2 nitrogen and oxygen atoms in total. The Hall–Kier alpha value is -1.01. The van der Waals surface area contributed by atoms with E-state index in [1.165, 1.54) is 0 Å². The van der Waals surface area contributed by atoms with Crippen LogP contribution in [0, 0.1) is 0 Å². The van der Waals surface area contributed by atoms with Crippen LogP contribution in [0.1, 0.15) is 26.2 Å². The smallest absolute Gasteiger partial charge is 0.128 e. The van der Waals surface area contributed by atoms with Crippen molar-refractivity contribution < 1.29 is 9.53 Å². The van der Waals surface area contributed by atoms with Crippen LogP contribution in [-0.2, 0) is 9.53 Å². The zero-order valence-electron chi connectivity index (χ0n) is 6.72. The Kier molecular flexibility index (Phi) is 2.94. The molecule has 0 radical (unpaired) electrons. The lowest BCUT2D eigenvalue weighted by Gasteiger charge is -2.12. The molecule has 1 rings (SSSR count). The summed E-state index contributed by atoms with van der Waals surface area (Å²) >= 11 is 0. The first-order chi connectivity index (χ1) is 5.36. The average molecular weight is 152 g/mol. The Morgan fingerprint density at radius 3 is 3.09 bits per heavy atom.